The molecule has 2 N–H and O–H groups in total. The van der Waals surface area contributed by atoms with E-state index in [1.165, 1.54) is 16.3 Å². The Hall–Kier alpha value is -2.07. The van der Waals surface area contributed by atoms with Crippen LogP contribution >= 0.6 is 0 Å². The first-order valence-electron chi connectivity index (χ1n) is 8.28. The quantitative estimate of drug-likeness (QED) is 0.862. The fraction of sp³-hybridized carbons (Fsp3) is 0.421. The summed E-state index contributed by atoms with van der Waals surface area (Å²) in [5.41, 5.74) is 1.21. The molecular formula is C19H24N2O2. The number of carbonyl (C=O) groups is 1. The number of fused-ring (bicyclic) bond motifs is 1. The SMILES string of the molecule is CN(CC(O)C1CC1)C(=O)NCCc1ccc2ccccc2c1. The van der Waals surface area contributed by atoms with Gasteiger partial charge >= 0.3 is 6.03 Å². The van der Waals surface area contributed by atoms with Gasteiger partial charge in [0.15, 0.2) is 0 Å². The van der Waals surface area contributed by atoms with Crippen LogP contribution in [0.3, 0.4) is 0 Å². The summed E-state index contributed by atoms with van der Waals surface area (Å²) in [5.74, 6) is 0.392. The summed E-state index contributed by atoms with van der Waals surface area (Å²) in [4.78, 5) is 13.6. The third-order valence-electron chi connectivity index (χ3n) is 4.48. The van der Waals surface area contributed by atoms with Crippen molar-refractivity contribution in [1.29, 1.82) is 0 Å². The van der Waals surface area contributed by atoms with Crippen molar-refractivity contribution in [2.24, 2.45) is 5.92 Å². The molecule has 23 heavy (non-hydrogen) atoms. The van der Waals surface area contributed by atoms with Gasteiger partial charge in [-0.3, -0.25) is 0 Å². The van der Waals surface area contributed by atoms with Crippen molar-refractivity contribution < 1.29 is 9.90 Å². The van der Waals surface area contributed by atoms with Crippen LogP contribution in [-0.2, 0) is 6.42 Å². The van der Waals surface area contributed by atoms with Gasteiger partial charge < -0.3 is 15.3 Å². The van der Waals surface area contributed by atoms with Gasteiger partial charge in [-0.2, -0.15) is 0 Å². The fourth-order valence-corrected chi connectivity index (χ4v) is 2.84. The summed E-state index contributed by atoms with van der Waals surface area (Å²) in [5, 5.41) is 15.3. The molecular weight excluding hydrogens is 288 g/mol. The molecule has 4 heteroatoms. The van der Waals surface area contributed by atoms with Crippen molar-refractivity contribution in [1.82, 2.24) is 10.2 Å². The largest absolute Gasteiger partial charge is 0.391 e. The van der Waals surface area contributed by atoms with Gasteiger partial charge in [-0.15, -0.1) is 0 Å². The average Bonchev–Trinajstić information content (AvgIpc) is 3.39. The zero-order valence-corrected chi connectivity index (χ0v) is 13.5. The Morgan fingerprint density at radius 3 is 2.74 bits per heavy atom. The highest BCUT2D eigenvalue weighted by Crippen LogP contribution is 2.32. The number of nitrogens with zero attached hydrogens (tertiary/aromatic N) is 1. The second-order valence-corrected chi connectivity index (χ2v) is 6.45. The molecule has 1 aliphatic carbocycles. The first-order valence-corrected chi connectivity index (χ1v) is 8.28. The van der Waals surface area contributed by atoms with Crippen molar-refractivity contribution in [3.8, 4) is 0 Å². The summed E-state index contributed by atoms with van der Waals surface area (Å²) < 4.78 is 0. The summed E-state index contributed by atoms with van der Waals surface area (Å²) >= 11 is 0. The smallest absolute Gasteiger partial charge is 0.317 e. The van der Waals surface area contributed by atoms with Crippen LogP contribution in [0.25, 0.3) is 10.8 Å². The van der Waals surface area contributed by atoms with Gasteiger partial charge in [0.25, 0.3) is 0 Å². The van der Waals surface area contributed by atoms with Gasteiger partial charge in [-0.1, -0.05) is 42.5 Å². The maximum atomic E-state index is 12.0. The summed E-state index contributed by atoms with van der Waals surface area (Å²) in [7, 11) is 1.73. The molecule has 4 nitrogen and oxygen atoms in total. The molecule has 1 atom stereocenters. The number of hydrogen-bond acceptors (Lipinski definition) is 2. The van der Waals surface area contributed by atoms with Crippen LogP contribution in [0.2, 0.25) is 0 Å². The van der Waals surface area contributed by atoms with E-state index in [9.17, 15) is 9.90 Å². The summed E-state index contributed by atoms with van der Waals surface area (Å²) in [6.07, 6.45) is 2.58. The van der Waals surface area contributed by atoms with Crippen LogP contribution in [0.1, 0.15) is 18.4 Å². The predicted octanol–water partition coefficient (Wildman–Crippen LogP) is 2.79. The van der Waals surface area contributed by atoms with Crippen LogP contribution in [0, 0.1) is 5.92 Å². The van der Waals surface area contributed by atoms with Crippen molar-refractivity contribution in [2.45, 2.75) is 25.4 Å². The number of likely N-dealkylation sites (N-methyl/N-ethyl adjacent to an activating group) is 1. The number of aliphatic hydroxyl groups is 1. The number of carbonyl (C=O) groups excluding carboxylic acids is 1. The van der Waals surface area contributed by atoms with E-state index in [0.29, 0.717) is 19.0 Å². The van der Waals surface area contributed by atoms with E-state index < -0.39 is 0 Å². The van der Waals surface area contributed by atoms with E-state index in [2.05, 4.69) is 35.6 Å². The lowest BCUT2D eigenvalue weighted by Gasteiger charge is -2.21. The Balaban J connectivity index is 1.46. The van der Waals surface area contributed by atoms with Gasteiger partial charge in [0.2, 0.25) is 0 Å². The normalized spacial score (nSPS) is 15.4. The van der Waals surface area contributed by atoms with Gasteiger partial charge in [0.05, 0.1) is 6.10 Å². The van der Waals surface area contributed by atoms with Crippen LogP contribution < -0.4 is 5.32 Å². The Labute approximate surface area is 137 Å². The van der Waals surface area contributed by atoms with Gasteiger partial charge in [-0.05, 0) is 41.5 Å². The van der Waals surface area contributed by atoms with Crippen molar-refractivity contribution in [2.75, 3.05) is 20.1 Å². The second kappa shape index (κ2) is 7.01. The van der Waals surface area contributed by atoms with Crippen molar-refractivity contribution in [3.63, 3.8) is 0 Å². The highest BCUT2D eigenvalue weighted by molar-refractivity contribution is 5.83. The van der Waals surface area contributed by atoms with E-state index in [4.69, 9.17) is 0 Å². The molecule has 1 unspecified atom stereocenters. The van der Waals surface area contributed by atoms with E-state index in [-0.39, 0.29) is 12.1 Å². The summed E-state index contributed by atoms with van der Waals surface area (Å²) in [6.45, 7) is 1.01. The molecule has 1 fully saturated rings. The number of rotatable bonds is 6. The number of urea groups is 1. The minimum Gasteiger partial charge on any atom is -0.391 e. The third-order valence-corrected chi connectivity index (χ3v) is 4.48. The number of amides is 2. The molecule has 0 spiro atoms. The van der Waals surface area contributed by atoms with Crippen LogP contribution in [0.4, 0.5) is 4.79 Å². The molecule has 0 saturated heterocycles. The maximum Gasteiger partial charge on any atom is 0.317 e. The fourth-order valence-electron chi connectivity index (χ4n) is 2.84. The number of benzene rings is 2. The molecule has 2 aromatic rings. The molecule has 0 aromatic heterocycles. The average molecular weight is 312 g/mol. The molecule has 0 bridgehead atoms. The monoisotopic (exact) mass is 312 g/mol. The summed E-state index contributed by atoms with van der Waals surface area (Å²) in [6, 6.07) is 14.5. The van der Waals surface area contributed by atoms with E-state index in [0.717, 1.165) is 19.3 Å². The predicted molar refractivity (Wildman–Crippen MR) is 92.4 cm³/mol. The van der Waals surface area contributed by atoms with Gasteiger partial charge in [-0.25, -0.2) is 4.79 Å². The molecule has 2 amide bonds. The van der Waals surface area contributed by atoms with E-state index in [1.807, 2.05) is 12.1 Å². The van der Waals surface area contributed by atoms with Gasteiger partial charge in [0.1, 0.15) is 0 Å². The van der Waals surface area contributed by atoms with E-state index >= 15 is 0 Å². The molecule has 0 aliphatic heterocycles. The Morgan fingerprint density at radius 1 is 1.26 bits per heavy atom. The Kier molecular flexibility index (Phi) is 4.82. The first kappa shape index (κ1) is 15.8. The number of nitrogens with one attached hydrogen (secondary N) is 1. The highest BCUT2D eigenvalue weighted by atomic mass is 16.3. The Bertz CT molecular complexity index is 682. The second-order valence-electron chi connectivity index (χ2n) is 6.45. The lowest BCUT2D eigenvalue weighted by molar-refractivity contribution is 0.113. The maximum absolute atomic E-state index is 12.0. The number of aliphatic hydroxyl groups excluding tert-OH is 1. The zero-order valence-electron chi connectivity index (χ0n) is 13.5. The molecule has 122 valence electrons. The minimum absolute atomic E-state index is 0.120. The van der Waals surface area contributed by atoms with E-state index in [1.54, 1.807) is 11.9 Å². The lowest BCUT2D eigenvalue weighted by atomic mass is 10.1. The highest BCUT2D eigenvalue weighted by Gasteiger charge is 2.31. The van der Waals surface area contributed by atoms with Crippen molar-refractivity contribution in [3.05, 3.63) is 48.0 Å². The number of hydrogen-bond donors (Lipinski definition) is 2. The molecule has 3 rings (SSSR count). The van der Waals surface area contributed by atoms with Crippen LogP contribution in [-0.4, -0.2) is 42.3 Å². The van der Waals surface area contributed by atoms with Crippen molar-refractivity contribution >= 4 is 16.8 Å². The third kappa shape index (κ3) is 4.23. The topological polar surface area (TPSA) is 52.6 Å². The Morgan fingerprint density at radius 2 is 2.00 bits per heavy atom. The molecule has 1 aliphatic rings. The molecule has 0 radical (unpaired) electrons. The van der Waals surface area contributed by atoms with Gasteiger partial charge in [0, 0.05) is 20.1 Å². The first-order chi connectivity index (χ1) is 11.1. The van der Waals surface area contributed by atoms with Crippen LogP contribution in [0.15, 0.2) is 42.5 Å². The molecule has 0 heterocycles. The zero-order chi connectivity index (χ0) is 16.2. The van der Waals surface area contributed by atoms with Crippen LogP contribution in [0.5, 0.6) is 0 Å². The standard InChI is InChI=1S/C19H24N2O2/c1-21(13-18(22)16-8-9-16)19(23)20-11-10-14-6-7-15-4-2-3-5-17(15)12-14/h2-7,12,16,18,22H,8-11,13H2,1H3,(H,20,23). The lowest BCUT2D eigenvalue weighted by Crippen LogP contribution is -2.42. The molecule has 2 aromatic carbocycles. The molecule has 1 saturated carbocycles. The minimum atomic E-state index is -0.383.